The quantitative estimate of drug-likeness (QED) is 0.791. The average molecular weight is 250 g/mol. The second-order valence-electron chi connectivity index (χ2n) is 2.78. The van der Waals surface area contributed by atoms with Crippen LogP contribution in [0.15, 0.2) is 29.3 Å². The van der Waals surface area contributed by atoms with Crippen LogP contribution in [0.4, 0.5) is 0 Å². The van der Waals surface area contributed by atoms with Gasteiger partial charge in [-0.2, -0.15) is 0 Å². The molecular weight excluding hydrogens is 245 g/mol. The molecule has 1 aromatic carbocycles. The Hall–Kier alpha value is -0.710. The molecule has 0 fully saturated rings. The number of H-pyrrole nitrogens is 1. The maximum absolute atomic E-state index is 11.0. The lowest BCUT2D eigenvalue weighted by Gasteiger charge is -1.96. The topological polar surface area (TPSA) is 49.9 Å². The maximum Gasteiger partial charge on any atom is 0.261 e. The Morgan fingerprint density at radius 1 is 1.29 bits per heavy atom. The highest BCUT2D eigenvalue weighted by atomic mass is 35.7. The lowest BCUT2D eigenvalue weighted by Crippen LogP contribution is -1.89. The van der Waals surface area contributed by atoms with Crippen LogP contribution >= 0.6 is 22.3 Å². The van der Waals surface area contributed by atoms with E-state index in [1.807, 2.05) is 0 Å². The molecule has 0 aliphatic heterocycles. The van der Waals surface area contributed by atoms with Crippen molar-refractivity contribution in [2.75, 3.05) is 0 Å². The van der Waals surface area contributed by atoms with Crippen LogP contribution in [-0.2, 0) is 9.05 Å². The Kier molecular flexibility index (Phi) is 2.21. The van der Waals surface area contributed by atoms with Crippen molar-refractivity contribution in [3.05, 3.63) is 29.4 Å². The third-order valence-corrected chi connectivity index (χ3v) is 3.55. The van der Waals surface area contributed by atoms with Crippen molar-refractivity contribution in [3.8, 4) is 0 Å². The molecular formula is C8H5Cl2NO2S. The van der Waals surface area contributed by atoms with Gasteiger partial charge < -0.3 is 4.98 Å². The molecule has 0 radical (unpaired) electrons. The fourth-order valence-electron chi connectivity index (χ4n) is 1.22. The van der Waals surface area contributed by atoms with Gasteiger partial charge in [-0.05, 0) is 18.2 Å². The second kappa shape index (κ2) is 3.15. The molecule has 0 aliphatic rings. The van der Waals surface area contributed by atoms with E-state index in [1.54, 1.807) is 12.3 Å². The van der Waals surface area contributed by atoms with Crippen molar-refractivity contribution in [1.29, 1.82) is 0 Å². The number of fused-ring (bicyclic) bond motifs is 1. The van der Waals surface area contributed by atoms with Gasteiger partial charge in [-0.15, -0.1) is 0 Å². The summed E-state index contributed by atoms with van der Waals surface area (Å²) in [6.45, 7) is 0. The molecule has 0 saturated heterocycles. The number of benzene rings is 1. The Morgan fingerprint density at radius 2 is 2.00 bits per heavy atom. The summed E-state index contributed by atoms with van der Waals surface area (Å²) < 4.78 is 22.0. The summed E-state index contributed by atoms with van der Waals surface area (Å²) in [5.41, 5.74) is 0.777. The van der Waals surface area contributed by atoms with E-state index in [1.165, 1.54) is 12.1 Å². The average Bonchev–Trinajstić information content (AvgIpc) is 2.46. The molecule has 0 spiro atoms. The van der Waals surface area contributed by atoms with Gasteiger partial charge in [0.1, 0.15) is 0 Å². The molecule has 1 aromatic heterocycles. The minimum Gasteiger partial charge on any atom is -0.360 e. The van der Waals surface area contributed by atoms with Gasteiger partial charge in [0.05, 0.1) is 9.92 Å². The fourth-order valence-corrected chi connectivity index (χ4v) is 2.21. The minimum atomic E-state index is -3.69. The summed E-state index contributed by atoms with van der Waals surface area (Å²) >= 11 is 5.83. The van der Waals surface area contributed by atoms with Crippen LogP contribution in [0, 0.1) is 0 Å². The van der Waals surface area contributed by atoms with E-state index in [4.69, 9.17) is 22.3 Å². The first-order valence-corrected chi connectivity index (χ1v) is 6.38. The van der Waals surface area contributed by atoms with E-state index in [0.717, 1.165) is 5.52 Å². The Labute approximate surface area is 90.1 Å². The first kappa shape index (κ1) is 9.83. The van der Waals surface area contributed by atoms with Gasteiger partial charge in [0, 0.05) is 27.8 Å². The lowest BCUT2D eigenvalue weighted by atomic mass is 10.2. The molecule has 0 aliphatic carbocycles. The highest BCUT2D eigenvalue weighted by Gasteiger charge is 2.11. The number of halogens is 2. The third kappa shape index (κ3) is 1.61. The Morgan fingerprint density at radius 3 is 2.64 bits per heavy atom. The highest BCUT2D eigenvalue weighted by Crippen LogP contribution is 2.26. The smallest absolute Gasteiger partial charge is 0.261 e. The van der Waals surface area contributed by atoms with E-state index < -0.39 is 9.05 Å². The SMILES string of the molecule is O=S(=O)(Cl)c1ccc2[nH]cc(Cl)c2c1. The number of aromatic nitrogens is 1. The van der Waals surface area contributed by atoms with Crippen molar-refractivity contribution >= 4 is 42.2 Å². The number of hydrogen-bond acceptors (Lipinski definition) is 2. The number of nitrogens with one attached hydrogen (secondary N) is 1. The van der Waals surface area contributed by atoms with Gasteiger partial charge in [-0.25, -0.2) is 8.42 Å². The second-order valence-corrected chi connectivity index (χ2v) is 5.75. The van der Waals surface area contributed by atoms with Gasteiger partial charge in [0.2, 0.25) is 0 Å². The van der Waals surface area contributed by atoms with E-state index in [9.17, 15) is 8.42 Å². The largest absolute Gasteiger partial charge is 0.360 e. The molecule has 0 atom stereocenters. The van der Waals surface area contributed by atoms with E-state index in [2.05, 4.69) is 4.98 Å². The van der Waals surface area contributed by atoms with Crippen molar-refractivity contribution < 1.29 is 8.42 Å². The molecule has 3 nitrogen and oxygen atoms in total. The molecule has 6 heteroatoms. The summed E-state index contributed by atoms with van der Waals surface area (Å²) in [4.78, 5) is 2.95. The zero-order valence-corrected chi connectivity index (χ0v) is 9.12. The third-order valence-electron chi connectivity index (χ3n) is 1.88. The van der Waals surface area contributed by atoms with E-state index in [-0.39, 0.29) is 4.90 Å². The van der Waals surface area contributed by atoms with E-state index in [0.29, 0.717) is 10.4 Å². The lowest BCUT2D eigenvalue weighted by molar-refractivity contribution is 0.609. The summed E-state index contributed by atoms with van der Waals surface area (Å²) in [5, 5.41) is 1.12. The normalized spacial score (nSPS) is 12.1. The summed E-state index contributed by atoms with van der Waals surface area (Å²) in [6, 6.07) is 4.49. The molecule has 0 unspecified atom stereocenters. The summed E-state index contributed by atoms with van der Waals surface area (Å²) in [5.74, 6) is 0. The molecule has 1 N–H and O–H groups in total. The van der Waals surface area contributed by atoms with Gasteiger partial charge in [0.25, 0.3) is 9.05 Å². The molecule has 1 heterocycles. The van der Waals surface area contributed by atoms with Crippen LogP contribution < -0.4 is 0 Å². The predicted octanol–water partition coefficient (Wildman–Crippen LogP) is 2.75. The van der Waals surface area contributed by atoms with Crippen LogP contribution in [0.5, 0.6) is 0 Å². The maximum atomic E-state index is 11.0. The number of aromatic amines is 1. The first-order chi connectivity index (χ1) is 6.48. The minimum absolute atomic E-state index is 0.0492. The summed E-state index contributed by atoms with van der Waals surface area (Å²) in [6.07, 6.45) is 1.59. The van der Waals surface area contributed by atoms with Crippen molar-refractivity contribution in [2.45, 2.75) is 4.90 Å². The zero-order valence-electron chi connectivity index (χ0n) is 6.79. The number of rotatable bonds is 1. The Bertz CT molecular complexity index is 588. The van der Waals surface area contributed by atoms with Crippen LogP contribution in [0.3, 0.4) is 0 Å². The first-order valence-electron chi connectivity index (χ1n) is 3.70. The van der Waals surface area contributed by atoms with Gasteiger partial charge in [-0.3, -0.25) is 0 Å². The van der Waals surface area contributed by atoms with Crippen molar-refractivity contribution in [2.24, 2.45) is 0 Å². The highest BCUT2D eigenvalue weighted by molar-refractivity contribution is 8.13. The molecule has 14 heavy (non-hydrogen) atoms. The monoisotopic (exact) mass is 249 g/mol. The molecule has 0 amide bonds. The Balaban J connectivity index is 2.79. The van der Waals surface area contributed by atoms with Crippen LogP contribution in [0.1, 0.15) is 0 Å². The molecule has 0 bridgehead atoms. The van der Waals surface area contributed by atoms with Crippen LogP contribution in [0.25, 0.3) is 10.9 Å². The fraction of sp³-hybridized carbons (Fsp3) is 0. The van der Waals surface area contributed by atoms with E-state index >= 15 is 0 Å². The standard InChI is InChI=1S/C8H5Cl2NO2S/c9-7-4-11-8-2-1-5(3-6(7)8)14(10,12)13/h1-4,11H. The van der Waals surface area contributed by atoms with Gasteiger partial charge in [0.15, 0.2) is 0 Å². The number of hydrogen-bond donors (Lipinski definition) is 1. The van der Waals surface area contributed by atoms with Gasteiger partial charge >= 0.3 is 0 Å². The molecule has 2 rings (SSSR count). The molecule has 0 saturated carbocycles. The van der Waals surface area contributed by atoms with Crippen molar-refractivity contribution in [1.82, 2.24) is 4.98 Å². The molecule has 2 aromatic rings. The van der Waals surface area contributed by atoms with Crippen LogP contribution in [0.2, 0.25) is 5.02 Å². The summed E-state index contributed by atoms with van der Waals surface area (Å²) in [7, 11) is 1.51. The molecule has 74 valence electrons. The van der Waals surface area contributed by atoms with Crippen molar-refractivity contribution in [3.63, 3.8) is 0 Å². The van der Waals surface area contributed by atoms with Gasteiger partial charge in [-0.1, -0.05) is 11.6 Å². The van der Waals surface area contributed by atoms with Crippen LogP contribution in [-0.4, -0.2) is 13.4 Å². The predicted molar refractivity (Wildman–Crippen MR) is 56.3 cm³/mol. The zero-order chi connectivity index (χ0) is 10.3.